The Labute approximate surface area is 137 Å². The van der Waals surface area contributed by atoms with E-state index in [2.05, 4.69) is 0 Å². The minimum absolute atomic E-state index is 0.00127. The molecule has 23 heavy (non-hydrogen) atoms. The first-order valence-electron chi connectivity index (χ1n) is 7.56. The number of rotatable bonds is 5. The fraction of sp³-hybridized carbons (Fsp3) is 0.158. The molecule has 0 aliphatic heterocycles. The van der Waals surface area contributed by atoms with Crippen molar-refractivity contribution in [2.75, 3.05) is 0 Å². The molecule has 0 bridgehead atoms. The van der Waals surface area contributed by atoms with E-state index >= 15 is 0 Å². The minimum Gasteiger partial charge on any atom is -0.512 e. The molecule has 0 fully saturated rings. The van der Waals surface area contributed by atoms with E-state index in [-0.39, 0.29) is 24.0 Å². The third-order valence-electron chi connectivity index (χ3n) is 3.63. The number of Topliss-reactive ketones (excluding diaryl/α,β-unsaturated/α-hetero) is 1. The van der Waals surface area contributed by atoms with Gasteiger partial charge in [0.1, 0.15) is 5.76 Å². The number of carbonyl (C=O) groups excluding carboxylic acids is 1. The Balaban J connectivity index is 2.54. The van der Waals surface area contributed by atoms with Crippen molar-refractivity contribution in [1.82, 2.24) is 0 Å². The highest BCUT2D eigenvalue weighted by molar-refractivity contribution is 6.84. The summed E-state index contributed by atoms with van der Waals surface area (Å²) in [6.45, 7) is 4.49. The molecule has 0 atom stereocenters. The van der Waals surface area contributed by atoms with E-state index in [9.17, 15) is 9.90 Å². The Kier molecular flexibility index (Phi) is 5.53. The van der Waals surface area contributed by atoms with Gasteiger partial charge in [0.05, 0.1) is 5.57 Å². The predicted molar refractivity (Wildman–Crippen MR) is 97.0 cm³/mol. The lowest BCUT2D eigenvalue weighted by molar-refractivity contribution is -0.113. The van der Waals surface area contributed by atoms with Gasteiger partial charge in [0.15, 0.2) is 5.78 Å². The van der Waals surface area contributed by atoms with Crippen LogP contribution in [-0.4, -0.2) is 23.4 Å². The molecule has 2 aromatic rings. The fourth-order valence-corrected chi connectivity index (χ4v) is 2.64. The Hall–Kier alpha value is -2.62. The normalized spacial score (nSPS) is 12.6. The van der Waals surface area contributed by atoms with Crippen LogP contribution in [0.2, 0.25) is 0 Å². The topological polar surface area (TPSA) is 49.7 Å². The van der Waals surface area contributed by atoms with Crippen LogP contribution in [0.5, 0.6) is 0 Å². The largest absolute Gasteiger partial charge is 0.512 e. The maximum Gasteiger partial charge on any atom is 0.344 e. The number of allylic oxidation sites excluding steroid dienone is 2. The lowest BCUT2D eigenvalue weighted by Gasteiger charge is -2.13. The molecule has 1 N–H and O–H groups in total. The average Bonchev–Trinajstić information content (AvgIpc) is 2.53. The molecule has 3 nitrogen and oxygen atoms in total. The molecule has 0 amide bonds. The van der Waals surface area contributed by atoms with Crippen LogP contribution in [0.1, 0.15) is 20.8 Å². The van der Waals surface area contributed by atoms with E-state index in [0.29, 0.717) is 5.71 Å². The van der Waals surface area contributed by atoms with Crippen LogP contribution in [-0.2, 0) is 4.79 Å². The number of aliphatic hydroxyl groups is 1. The number of ketones is 1. The van der Waals surface area contributed by atoms with Crippen LogP contribution >= 0.6 is 0 Å². The van der Waals surface area contributed by atoms with E-state index in [1.807, 2.05) is 60.7 Å². The highest BCUT2D eigenvalue weighted by Gasteiger charge is 2.21. The van der Waals surface area contributed by atoms with Gasteiger partial charge < -0.3 is 10.0 Å². The number of nitrogens with zero attached hydrogens (tertiary/aromatic N) is 1. The molecule has 0 saturated heterocycles. The summed E-state index contributed by atoms with van der Waals surface area (Å²) in [6.07, 6.45) is 0. The van der Waals surface area contributed by atoms with Gasteiger partial charge in [-0.25, -0.2) is 0 Å². The van der Waals surface area contributed by atoms with E-state index in [4.69, 9.17) is 4.90 Å². The summed E-state index contributed by atoms with van der Waals surface area (Å²) in [7, 11) is 0. The number of aliphatic hydroxyl groups excluding tert-OH is 1. The molecule has 0 spiro atoms. The zero-order valence-corrected chi connectivity index (χ0v) is 13.7. The summed E-state index contributed by atoms with van der Waals surface area (Å²) < 4.78 is 0. The average molecular weight is 305 g/mol. The number of carbonyl (C=O) groups is 1. The third-order valence-corrected chi connectivity index (χ3v) is 3.63. The summed E-state index contributed by atoms with van der Waals surface area (Å²) >= 11 is 0. The molecular formula is C19H20BNO2. The van der Waals surface area contributed by atoms with Crippen molar-refractivity contribution in [3.8, 4) is 0 Å². The molecule has 0 heterocycles. The lowest BCUT2D eigenvalue weighted by atomic mass is 9.51. The summed E-state index contributed by atoms with van der Waals surface area (Å²) in [6, 6.07) is 19.8. The second-order valence-electron chi connectivity index (χ2n) is 5.46. The first-order valence-corrected chi connectivity index (χ1v) is 7.56. The van der Waals surface area contributed by atoms with Gasteiger partial charge >= 0.3 is 6.85 Å². The van der Waals surface area contributed by atoms with Crippen molar-refractivity contribution in [2.24, 2.45) is 4.90 Å². The SMILES string of the molecule is CC(=O)C(C(C)=NB(c1ccccc1)c1ccccc1)=C(C)O. The molecule has 0 radical (unpaired) electrons. The second-order valence-corrected chi connectivity index (χ2v) is 5.46. The van der Waals surface area contributed by atoms with E-state index in [0.717, 1.165) is 10.9 Å². The van der Waals surface area contributed by atoms with E-state index in [1.54, 1.807) is 6.92 Å². The molecule has 0 aromatic heterocycles. The molecule has 0 unspecified atom stereocenters. The molecular weight excluding hydrogens is 285 g/mol. The molecule has 0 aliphatic rings. The maximum absolute atomic E-state index is 11.8. The van der Waals surface area contributed by atoms with E-state index in [1.165, 1.54) is 13.8 Å². The van der Waals surface area contributed by atoms with Crippen LogP contribution in [0.4, 0.5) is 0 Å². The molecule has 0 saturated carbocycles. The highest BCUT2D eigenvalue weighted by atomic mass is 16.3. The first kappa shape index (κ1) is 16.8. The monoisotopic (exact) mass is 305 g/mol. The van der Waals surface area contributed by atoms with Crippen LogP contribution < -0.4 is 10.9 Å². The Morgan fingerprint density at radius 2 is 1.30 bits per heavy atom. The maximum atomic E-state index is 11.8. The van der Waals surface area contributed by atoms with Crippen LogP contribution in [0.3, 0.4) is 0 Å². The van der Waals surface area contributed by atoms with Crippen LogP contribution in [0.15, 0.2) is 76.9 Å². The summed E-state index contributed by atoms with van der Waals surface area (Å²) in [5.41, 5.74) is 2.89. The van der Waals surface area contributed by atoms with Gasteiger partial charge in [-0.2, -0.15) is 0 Å². The first-order chi connectivity index (χ1) is 11.0. The molecule has 2 aromatic carbocycles. The Morgan fingerprint density at radius 1 is 0.870 bits per heavy atom. The standard InChI is InChI=1S/C19H20BNO2/c1-14(19(15(2)22)16(3)23)21-20(17-10-6-4-7-11-17)18-12-8-5-9-13-18/h4-13,22H,1-3H3. The van der Waals surface area contributed by atoms with Gasteiger partial charge in [0, 0.05) is 5.71 Å². The fourth-order valence-electron chi connectivity index (χ4n) is 2.64. The van der Waals surface area contributed by atoms with Gasteiger partial charge in [-0.05, 0) is 31.7 Å². The van der Waals surface area contributed by atoms with Gasteiger partial charge in [-0.3, -0.25) is 4.79 Å². The summed E-state index contributed by atoms with van der Waals surface area (Å²) in [4.78, 5) is 16.5. The molecule has 4 heteroatoms. The van der Waals surface area contributed by atoms with Gasteiger partial charge in [0.2, 0.25) is 0 Å². The molecule has 0 aliphatic carbocycles. The minimum atomic E-state index is -0.217. The predicted octanol–water partition coefficient (Wildman–Crippen LogP) is 2.67. The molecule has 2 rings (SSSR count). The number of hydrogen-bond donors (Lipinski definition) is 1. The Morgan fingerprint density at radius 3 is 1.65 bits per heavy atom. The molecule has 116 valence electrons. The van der Waals surface area contributed by atoms with Crippen molar-refractivity contribution < 1.29 is 9.90 Å². The lowest BCUT2D eigenvalue weighted by Crippen LogP contribution is -2.41. The van der Waals surface area contributed by atoms with Crippen LogP contribution in [0, 0.1) is 0 Å². The van der Waals surface area contributed by atoms with Gasteiger partial charge in [0.25, 0.3) is 0 Å². The van der Waals surface area contributed by atoms with Crippen molar-refractivity contribution >= 4 is 29.3 Å². The number of benzene rings is 2. The van der Waals surface area contributed by atoms with Crippen molar-refractivity contribution in [3.05, 3.63) is 72.0 Å². The van der Waals surface area contributed by atoms with Crippen molar-refractivity contribution in [1.29, 1.82) is 0 Å². The van der Waals surface area contributed by atoms with Crippen LogP contribution in [0.25, 0.3) is 0 Å². The summed E-state index contributed by atoms with van der Waals surface area (Å²) in [5.74, 6) is -0.190. The van der Waals surface area contributed by atoms with Gasteiger partial charge in [-0.15, -0.1) is 0 Å². The van der Waals surface area contributed by atoms with Gasteiger partial charge in [-0.1, -0.05) is 60.7 Å². The second kappa shape index (κ2) is 7.59. The van der Waals surface area contributed by atoms with Crippen molar-refractivity contribution in [3.63, 3.8) is 0 Å². The van der Waals surface area contributed by atoms with E-state index < -0.39 is 0 Å². The Bertz CT molecular complexity index is 693. The quantitative estimate of drug-likeness (QED) is 0.399. The zero-order valence-electron chi connectivity index (χ0n) is 13.7. The zero-order chi connectivity index (χ0) is 16.8. The third kappa shape index (κ3) is 4.19. The highest BCUT2D eigenvalue weighted by Crippen LogP contribution is 2.07. The number of hydrogen-bond acceptors (Lipinski definition) is 3. The summed E-state index contributed by atoms with van der Waals surface area (Å²) in [5, 5.41) is 9.78. The smallest absolute Gasteiger partial charge is 0.344 e. The van der Waals surface area contributed by atoms with Crippen molar-refractivity contribution in [2.45, 2.75) is 20.8 Å².